The predicted octanol–water partition coefficient (Wildman–Crippen LogP) is 1.31. The third kappa shape index (κ3) is 3.94. The van der Waals surface area contributed by atoms with Crippen LogP contribution in [0.1, 0.15) is 25.8 Å². The molecule has 0 aliphatic heterocycles. The summed E-state index contributed by atoms with van der Waals surface area (Å²) in [4.78, 5) is 6.85. The quantitative estimate of drug-likeness (QED) is 0.749. The SMILES string of the molecule is CC(C)N(CCCO)c1ccc(C(N)=S)cn1. The van der Waals surface area contributed by atoms with Crippen molar-refractivity contribution in [3.8, 4) is 0 Å². The number of hydrogen-bond donors (Lipinski definition) is 2. The molecule has 1 aromatic heterocycles. The van der Waals surface area contributed by atoms with Crippen molar-refractivity contribution in [1.29, 1.82) is 0 Å². The molecule has 1 rings (SSSR count). The molecular formula is C12H19N3OS. The summed E-state index contributed by atoms with van der Waals surface area (Å²) in [6.07, 6.45) is 2.42. The third-order valence-corrected chi connectivity index (χ3v) is 2.74. The molecule has 0 radical (unpaired) electrons. The Kier molecular flexibility index (Phi) is 5.31. The van der Waals surface area contributed by atoms with E-state index in [1.807, 2.05) is 12.1 Å². The second-order valence-corrected chi connectivity index (χ2v) is 4.57. The van der Waals surface area contributed by atoms with Gasteiger partial charge in [0.25, 0.3) is 0 Å². The standard InChI is InChI=1S/C12H19N3OS/c1-9(2)15(6-3-7-16)11-5-4-10(8-14-11)12(13)17/h4-5,8-9,16H,3,6-7H2,1-2H3,(H2,13,17). The van der Waals surface area contributed by atoms with Gasteiger partial charge >= 0.3 is 0 Å². The maximum atomic E-state index is 8.88. The zero-order valence-corrected chi connectivity index (χ0v) is 11.1. The van der Waals surface area contributed by atoms with Crippen LogP contribution in [0.2, 0.25) is 0 Å². The zero-order chi connectivity index (χ0) is 12.8. The van der Waals surface area contributed by atoms with Gasteiger partial charge in [-0.2, -0.15) is 0 Å². The highest BCUT2D eigenvalue weighted by Crippen LogP contribution is 2.14. The van der Waals surface area contributed by atoms with E-state index in [1.54, 1.807) is 6.20 Å². The number of nitrogens with zero attached hydrogens (tertiary/aromatic N) is 2. The summed E-state index contributed by atoms with van der Waals surface area (Å²) in [5.74, 6) is 0.883. The van der Waals surface area contributed by atoms with E-state index in [-0.39, 0.29) is 6.61 Å². The highest BCUT2D eigenvalue weighted by atomic mass is 32.1. The van der Waals surface area contributed by atoms with Crippen molar-refractivity contribution >= 4 is 23.0 Å². The van der Waals surface area contributed by atoms with Crippen molar-refractivity contribution in [2.24, 2.45) is 5.73 Å². The topological polar surface area (TPSA) is 62.4 Å². The number of aliphatic hydroxyl groups is 1. The summed E-state index contributed by atoms with van der Waals surface area (Å²) < 4.78 is 0. The molecule has 4 nitrogen and oxygen atoms in total. The summed E-state index contributed by atoms with van der Waals surface area (Å²) in [7, 11) is 0. The number of nitrogens with two attached hydrogens (primary N) is 1. The van der Waals surface area contributed by atoms with Gasteiger partial charge in [-0.3, -0.25) is 0 Å². The van der Waals surface area contributed by atoms with E-state index < -0.39 is 0 Å². The van der Waals surface area contributed by atoms with E-state index in [0.29, 0.717) is 11.0 Å². The number of pyridine rings is 1. The average Bonchev–Trinajstić information content (AvgIpc) is 2.29. The normalized spacial score (nSPS) is 10.6. The maximum Gasteiger partial charge on any atom is 0.128 e. The van der Waals surface area contributed by atoms with E-state index in [2.05, 4.69) is 23.7 Å². The lowest BCUT2D eigenvalue weighted by molar-refractivity contribution is 0.288. The molecular weight excluding hydrogens is 234 g/mol. The first-order chi connectivity index (χ1) is 8.06. The molecule has 0 bridgehead atoms. The molecule has 0 aliphatic rings. The summed E-state index contributed by atoms with van der Waals surface area (Å²) >= 11 is 4.88. The summed E-state index contributed by atoms with van der Waals surface area (Å²) in [5, 5.41) is 8.88. The Bertz CT molecular complexity index is 365. The van der Waals surface area contributed by atoms with Gasteiger partial charge in [-0.1, -0.05) is 12.2 Å². The van der Waals surface area contributed by atoms with E-state index >= 15 is 0 Å². The molecule has 0 aromatic carbocycles. The maximum absolute atomic E-state index is 8.88. The lowest BCUT2D eigenvalue weighted by atomic mass is 10.2. The van der Waals surface area contributed by atoms with Crippen LogP contribution in [0.5, 0.6) is 0 Å². The minimum Gasteiger partial charge on any atom is -0.396 e. The van der Waals surface area contributed by atoms with Gasteiger partial charge in [-0.25, -0.2) is 4.98 Å². The van der Waals surface area contributed by atoms with Crippen molar-refractivity contribution in [2.75, 3.05) is 18.1 Å². The van der Waals surface area contributed by atoms with Crippen LogP contribution in [-0.2, 0) is 0 Å². The lowest BCUT2D eigenvalue weighted by Crippen LogP contribution is -2.33. The van der Waals surface area contributed by atoms with Gasteiger partial charge in [0.15, 0.2) is 0 Å². The molecule has 1 heterocycles. The van der Waals surface area contributed by atoms with Crippen LogP contribution in [-0.4, -0.2) is 34.3 Å². The zero-order valence-electron chi connectivity index (χ0n) is 10.3. The van der Waals surface area contributed by atoms with Crippen LogP contribution in [0, 0.1) is 0 Å². The van der Waals surface area contributed by atoms with Crippen molar-refractivity contribution < 1.29 is 5.11 Å². The Hall–Kier alpha value is -1.20. The first-order valence-electron chi connectivity index (χ1n) is 5.69. The monoisotopic (exact) mass is 253 g/mol. The van der Waals surface area contributed by atoms with Crippen LogP contribution in [0.3, 0.4) is 0 Å². The first-order valence-corrected chi connectivity index (χ1v) is 6.10. The Labute approximate surface area is 107 Å². The van der Waals surface area contributed by atoms with Crippen LogP contribution in [0.15, 0.2) is 18.3 Å². The number of thiocarbonyl (C=S) groups is 1. The molecule has 1 aromatic rings. The van der Waals surface area contributed by atoms with Gasteiger partial charge in [-0.05, 0) is 32.4 Å². The van der Waals surface area contributed by atoms with Gasteiger partial charge < -0.3 is 15.7 Å². The van der Waals surface area contributed by atoms with Gasteiger partial charge in [0.1, 0.15) is 10.8 Å². The van der Waals surface area contributed by atoms with E-state index in [4.69, 9.17) is 23.1 Å². The highest BCUT2D eigenvalue weighted by molar-refractivity contribution is 7.80. The Morgan fingerprint density at radius 2 is 2.24 bits per heavy atom. The van der Waals surface area contributed by atoms with Crippen LogP contribution in [0.4, 0.5) is 5.82 Å². The van der Waals surface area contributed by atoms with Crippen LogP contribution < -0.4 is 10.6 Å². The fourth-order valence-corrected chi connectivity index (χ4v) is 1.70. The molecule has 0 saturated heterocycles. The van der Waals surface area contributed by atoms with E-state index in [0.717, 1.165) is 24.3 Å². The number of hydrogen-bond acceptors (Lipinski definition) is 4. The molecule has 3 N–H and O–H groups in total. The average molecular weight is 253 g/mol. The summed E-state index contributed by atoms with van der Waals surface area (Å²) in [6.45, 7) is 5.17. The Balaban J connectivity index is 2.83. The van der Waals surface area contributed by atoms with Gasteiger partial charge in [0, 0.05) is 31.0 Å². The van der Waals surface area contributed by atoms with E-state index in [1.165, 1.54) is 0 Å². The van der Waals surface area contributed by atoms with Gasteiger partial charge in [-0.15, -0.1) is 0 Å². The van der Waals surface area contributed by atoms with Crippen molar-refractivity contribution in [2.45, 2.75) is 26.3 Å². The Morgan fingerprint density at radius 1 is 1.53 bits per heavy atom. The highest BCUT2D eigenvalue weighted by Gasteiger charge is 2.11. The minimum absolute atomic E-state index is 0.189. The molecule has 0 saturated carbocycles. The molecule has 0 fully saturated rings. The predicted molar refractivity (Wildman–Crippen MR) is 74.3 cm³/mol. The molecule has 0 aliphatic carbocycles. The second kappa shape index (κ2) is 6.51. The minimum atomic E-state index is 0.189. The molecule has 94 valence electrons. The number of anilines is 1. The molecule has 0 unspecified atom stereocenters. The fourth-order valence-electron chi connectivity index (χ4n) is 1.58. The molecule has 0 spiro atoms. The van der Waals surface area contributed by atoms with Crippen molar-refractivity contribution in [3.63, 3.8) is 0 Å². The van der Waals surface area contributed by atoms with Crippen LogP contribution in [0.25, 0.3) is 0 Å². The van der Waals surface area contributed by atoms with Crippen LogP contribution >= 0.6 is 12.2 Å². The first kappa shape index (κ1) is 13.9. The summed E-state index contributed by atoms with van der Waals surface area (Å²) in [5.41, 5.74) is 6.30. The second-order valence-electron chi connectivity index (χ2n) is 4.13. The number of aromatic nitrogens is 1. The third-order valence-electron chi connectivity index (χ3n) is 2.51. The molecule has 0 amide bonds. The van der Waals surface area contributed by atoms with E-state index in [9.17, 15) is 0 Å². The molecule has 5 heteroatoms. The van der Waals surface area contributed by atoms with Gasteiger partial charge in [0.2, 0.25) is 0 Å². The number of rotatable bonds is 6. The van der Waals surface area contributed by atoms with Gasteiger partial charge in [0.05, 0.1) is 0 Å². The molecule has 17 heavy (non-hydrogen) atoms. The fraction of sp³-hybridized carbons (Fsp3) is 0.500. The largest absolute Gasteiger partial charge is 0.396 e. The van der Waals surface area contributed by atoms with Crippen molar-refractivity contribution in [1.82, 2.24) is 4.98 Å². The van der Waals surface area contributed by atoms with Crippen molar-refractivity contribution in [3.05, 3.63) is 23.9 Å². The Morgan fingerprint density at radius 3 is 2.65 bits per heavy atom. The summed E-state index contributed by atoms with van der Waals surface area (Å²) in [6, 6.07) is 4.12. The number of aliphatic hydroxyl groups excluding tert-OH is 1. The smallest absolute Gasteiger partial charge is 0.128 e. The molecule has 0 atom stereocenters. The lowest BCUT2D eigenvalue weighted by Gasteiger charge is -2.27.